The SMILES string of the molecule is Cc1ccc(SN(C)C(C)CNC(=O)C2(C)CC2)cc1. The predicted octanol–water partition coefficient (Wildman–Crippen LogP) is 3.24. The van der Waals surface area contributed by atoms with Crippen LogP contribution in [0.3, 0.4) is 0 Å². The molecule has 2 rings (SSSR count). The van der Waals surface area contributed by atoms with Gasteiger partial charge in [0.1, 0.15) is 0 Å². The number of amides is 1. The number of carbonyl (C=O) groups is 1. The number of benzene rings is 1. The summed E-state index contributed by atoms with van der Waals surface area (Å²) in [6.07, 6.45) is 2.06. The summed E-state index contributed by atoms with van der Waals surface area (Å²) in [6.45, 7) is 6.97. The molecule has 1 unspecified atom stereocenters. The number of rotatable bonds is 6. The van der Waals surface area contributed by atoms with E-state index >= 15 is 0 Å². The molecule has 3 nitrogen and oxygen atoms in total. The van der Waals surface area contributed by atoms with E-state index in [-0.39, 0.29) is 11.3 Å². The summed E-state index contributed by atoms with van der Waals surface area (Å²) in [5, 5.41) is 3.07. The third-order valence-corrected chi connectivity index (χ3v) is 5.13. The highest BCUT2D eigenvalue weighted by Crippen LogP contribution is 2.44. The van der Waals surface area contributed by atoms with Gasteiger partial charge in [-0.05, 0) is 57.8 Å². The van der Waals surface area contributed by atoms with E-state index in [1.165, 1.54) is 10.5 Å². The molecule has 110 valence electrons. The number of nitrogens with zero attached hydrogens (tertiary/aromatic N) is 1. The van der Waals surface area contributed by atoms with Crippen molar-refractivity contribution >= 4 is 17.9 Å². The van der Waals surface area contributed by atoms with Crippen molar-refractivity contribution < 1.29 is 4.79 Å². The fraction of sp³-hybridized carbons (Fsp3) is 0.562. The molecule has 0 aliphatic heterocycles. The molecule has 0 spiro atoms. The average Bonchev–Trinajstić information content (AvgIpc) is 3.17. The van der Waals surface area contributed by atoms with E-state index in [0.29, 0.717) is 12.6 Å². The molecule has 1 saturated carbocycles. The first-order valence-corrected chi connectivity index (χ1v) is 7.94. The molecule has 0 bridgehead atoms. The van der Waals surface area contributed by atoms with Gasteiger partial charge >= 0.3 is 0 Å². The highest BCUT2D eigenvalue weighted by molar-refractivity contribution is 7.97. The van der Waals surface area contributed by atoms with Crippen LogP contribution in [0.1, 0.15) is 32.3 Å². The predicted molar refractivity (Wildman–Crippen MR) is 84.6 cm³/mol. The second kappa shape index (κ2) is 6.19. The monoisotopic (exact) mass is 292 g/mol. The van der Waals surface area contributed by atoms with Crippen LogP contribution in [0.5, 0.6) is 0 Å². The van der Waals surface area contributed by atoms with E-state index in [0.717, 1.165) is 12.8 Å². The molecule has 4 heteroatoms. The molecular formula is C16H24N2OS. The van der Waals surface area contributed by atoms with Crippen LogP contribution in [0.4, 0.5) is 0 Å². The smallest absolute Gasteiger partial charge is 0.225 e. The highest BCUT2D eigenvalue weighted by Gasteiger charge is 2.44. The molecule has 1 aromatic carbocycles. The Morgan fingerprint density at radius 1 is 1.40 bits per heavy atom. The van der Waals surface area contributed by atoms with Gasteiger partial charge in [0.2, 0.25) is 5.91 Å². The minimum Gasteiger partial charge on any atom is -0.354 e. The van der Waals surface area contributed by atoms with E-state index in [1.54, 1.807) is 11.9 Å². The minimum absolute atomic E-state index is 0.0810. The molecule has 1 aliphatic rings. The maximum Gasteiger partial charge on any atom is 0.225 e. The largest absolute Gasteiger partial charge is 0.354 e. The lowest BCUT2D eigenvalue weighted by Crippen LogP contribution is -2.39. The molecule has 0 heterocycles. The van der Waals surface area contributed by atoms with Crippen LogP contribution < -0.4 is 5.32 Å². The zero-order chi connectivity index (χ0) is 14.8. The Labute approximate surface area is 126 Å². The van der Waals surface area contributed by atoms with Crippen molar-refractivity contribution in [1.82, 2.24) is 9.62 Å². The van der Waals surface area contributed by atoms with E-state index < -0.39 is 0 Å². The van der Waals surface area contributed by atoms with Crippen LogP contribution >= 0.6 is 11.9 Å². The van der Waals surface area contributed by atoms with Gasteiger partial charge in [0.05, 0.1) is 0 Å². The molecule has 1 amide bonds. The van der Waals surface area contributed by atoms with Crippen molar-refractivity contribution in [2.45, 2.75) is 44.6 Å². The summed E-state index contributed by atoms with van der Waals surface area (Å²) in [7, 11) is 2.07. The van der Waals surface area contributed by atoms with Gasteiger partial charge in [-0.3, -0.25) is 4.79 Å². The summed E-state index contributed by atoms with van der Waals surface area (Å²) >= 11 is 1.72. The summed E-state index contributed by atoms with van der Waals surface area (Å²) < 4.78 is 2.19. The zero-order valence-corrected chi connectivity index (χ0v) is 13.6. The van der Waals surface area contributed by atoms with Gasteiger partial charge in [0.25, 0.3) is 0 Å². The molecule has 1 N–H and O–H groups in total. The fourth-order valence-electron chi connectivity index (χ4n) is 1.85. The molecule has 1 aromatic rings. The average molecular weight is 292 g/mol. The molecule has 1 fully saturated rings. The molecule has 1 atom stereocenters. The molecular weight excluding hydrogens is 268 g/mol. The first kappa shape index (κ1) is 15.4. The minimum atomic E-state index is -0.0810. The van der Waals surface area contributed by atoms with Crippen LogP contribution in [0, 0.1) is 12.3 Å². The van der Waals surface area contributed by atoms with E-state index in [4.69, 9.17) is 0 Å². The van der Waals surface area contributed by atoms with E-state index in [1.807, 2.05) is 6.92 Å². The Balaban J connectivity index is 1.78. The number of carbonyl (C=O) groups excluding carboxylic acids is 1. The molecule has 0 aromatic heterocycles. The number of hydrogen-bond acceptors (Lipinski definition) is 3. The van der Waals surface area contributed by atoms with Crippen LogP contribution in [0.25, 0.3) is 0 Å². The Morgan fingerprint density at radius 3 is 2.55 bits per heavy atom. The Hall–Kier alpha value is -1.00. The topological polar surface area (TPSA) is 32.3 Å². The zero-order valence-electron chi connectivity index (χ0n) is 12.8. The van der Waals surface area contributed by atoms with Crippen molar-refractivity contribution in [2.24, 2.45) is 5.41 Å². The molecule has 20 heavy (non-hydrogen) atoms. The second-order valence-corrected chi connectivity index (χ2v) is 7.30. The lowest BCUT2D eigenvalue weighted by Gasteiger charge is -2.24. The van der Waals surface area contributed by atoms with E-state index in [9.17, 15) is 4.79 Å². The first-order valence-electron chi connectivity index (χ1n) is 7.16. The van der Waals surface area contributed by atoms with Gasteiger partial charge in [-0.25, -0.2) is 4.31 Å². The van der Waals surface area contributed by atoms with Crippen LogP contribution in [-0.2, 0) is 4.79 Å². The second-order valence-electron chi connectivity index (χ2n) is 6.07. The van der Waals surface area contributed by atoms with Crippen molar-refractivity contribution in [2.75, 3.05) is 13.6 Å². The summed E-state index contributed by atoms with van der Waals surface area (Å²) in [5.74, 6) is 0.207. The lowest BCUT2D eigenvalue weighted by molar-refractivity contribution is -0.125. The first-order chi connectivity index (χ1) is 9.40. The third kappa shape index (κ3) is 4.00. The lowest BCUT2D eigenvalue weighted by atomic mass is 10.1. The number of nitrogens with one attached hydrogen (secondary N) is 1. The van der Waals surface area contributed by atoms with E-state index in [2.05, 4.69) is 54.8 Å². The van der Waals surface area contributed by atoms with Gasteiger partial charge in [0, 0.05) is 22.9 Å². The Morgan fingerprint density at radius 2 is 2.00 bits per heavy atom. The van der Waals surface area contributed by atoms with Crippen LogP contribution in [-0.4, -0.2) is 29.8 Å². The maximum atomic E-state index is 11.9. The maximum absolute atomic E-state index is 11.9. The highest BCUT2D eigenvalue weighted by atomic mass is 32.2. The normalized spacial score (nSPS) is 17.9. The van der Waals surface area contributed by atoms with Crippen molar-refractivity contribution in [1.29, 1.82) is 0 Å². The fourth-order valence-corrected chi connectivity index (χ4v) is 2.70. The molecule has 0 saturated heterocycles. The quantitative estimate of drug-likeness (QED) is 0.817. The summed E-state index contributed by atoms with van der Waals surface area (Å²) in [5.41, 5.74) is 1.19. The Bertz CT molecular complexity index is 468. The number of hydrogen-bond donors (Lipinski definition) is 1. The Kier molecular flexibility index (Phi) is 4.76. The van der Waals surface area contributed by atoms with Crippen LogP contribution in [0.2, 0.25) is 0 Å². The van der Waals surface area contributed by atoms with Crippen molar-refractivity contribution in [3.8, 4) is 0 Å². The number of likely N-dealkylation sites (N-methyl/N-ethyl adjacent to an activating group) is 1. The van der Waals surface area contributed by atoms with Gasteiger partial charge in [-0.15, -0.1) is 0 Å². The molecule has 0 radical (unpaired) electrons. The van der Waals surface area contributed by atoms with Crippen molar-refractivity contribution in [3.63, 3.8) is 0 Å². The molecule has 1 aliphatic carbocycles. The van der Waals surface area contributed by atoms with Crippen LogP contribution in [0.15, 0.2) is 29.2 Å². The van der Waals surface area contributed by atoms with Gasteiger partial charge in [-0.1, -0.05) is 24.6 Å². The third-order valence-electron chi connectivity index (χ3n) is 4.00. The van der Waals surface area contributed by atoms with Crippen molar-refractivity contribution in [3.05, 3.63) is 29.8 Å². The summed E-state index contributed by atoms with van der Waals surface area (Å²) in [4.78, 5) is 13.1. The van der Waals surface area contributed by atoms with Gasteiger partial charge < -0.3 is 5.32 Å². The summed E-state index contributed by atoms with van der Waals surface area (Å²) in [6, 6.07) is 8.81. The van der Waals surface area contributed by atoms with Gasteiger partial charge in [0.15, 0.2) is 0 Å². The number of aryl methyl sites for hydroxylation is 1. The standard InChI is InChI=1S/C16H24N2OS/c1-12-5-7-14(8-6-12)20-18(4)13(2)11-17-15(19)16(3)9-10-16/h5-8,13H,9-11H2,1-4H3,(H,17,19). The van der Waals surface area contributed by atoms with Gasteiger partial charge in [-0.2, -0.15) is 0 Å².